The zero-order chi connectivity index (χ0) is 29.5. The summed E-state index contributed by atoms with van der Waals surface area (Å²) in [7, 11) is 0. The number of amides is 2. The average molecular weight is 601 g/mol. The van der Waals surface area contributed by atoms with Crippen molar-refractivity contribution in [2.24, 2.45) is 10.2 Å². The predicted octanol–water partition coefficient (Wildman–Crippen LogP) is 6.47. The number of aryl methyl sites for hydroxylation is 1. The topological polar surface area (TPSA) is 117 Å². The molecule has 11 heteroatoms. The van der Waals surface area contributed by atoms with Crippen molar-refractivity contribution in [3.63, 3.8) is 0 Å². The maximum absolute atomic E-state index is 13.5. The van der Waals surface area contributed by atoms with Crippen LogP contribution in [0.15, 0.2) is 105 Å². The number of phenols is 1. The lowest BCUT2D eigenvalue weighted by Crippen LogP contribution is -2.28. The van der Waals surface area contributed by atoms with E-state index in [1.54, 1.807) is 48.5 Å². The largest absolute Gasteiger partial charge is 0.507 e. The molecule has 0 aliphatic carbocycles. The number of rotatable bonds is 9. The first kappa shape index (κ1) is 28.7. The number of nitrogens with one attached hydrogen (secondary N) is 1. The number of carbonyl (C=O) groups excluding carboxylic acids is 2. The number of aromatic hydroxyl groups is 1. The fourth-order valence-electron chi connectivity index (χ4n) is 3.90. The van der Waals surface area contributed by atoms with Gasteiger partial charge >= 0.3 is 0 Å². The fraction of sp³-hybridized carbons (Fsp3) is 0.0968. The third kappa shape index (κ3) is 7.28. The van der Waals surface area contributed by atoms with Gasteiger partial charge in [-0.2, -0.15) is 5.10 Å². The Morgan fingerprint density at radius 1 is 1.10 bits per heavy atom. The highest BCUT2D eigenvalue weighted by atomic mass is 35.5. The van der Waals surface area contributed by atoms with Gasteiger partial charge in [0.2, 0.25) is 0 Å². The van der Waals surface area contributed by atoms with Crippen molar-refractivity contribution in [1.82, 2.24) is 4.90 Å². The Bertz CT molecular complexity index is 1680. The van der Waals surface area contributed by atoms with Gasteiger partial charge in [-0.15, -0.1) is 5.10 Å². The molecule has 0 saturated carbocycles. The Kier molecular flexibility index (Phi) is 9.05. The first-order valence-electron chi connectivity index (χ1n) is 12.8. The Hall–Kier alpha value is -4.80. The van der Waals surface area contributed by atoms with E-state index in [1.165, 1.54) is 23.4 Å². The van der Waals surface area contributed by atoms with Gasteiger partial charge in [0.05, 0.1) is 23.9 Å². The van der Waals surface area contributed by atoms with Crippen LogP contribution in [-0.2, 0) is 16.1 Å². The summed E-state index contributed by atoms with van der Waals surface area (Å²) in [4.78, 5) is 27.8. The number of amidine groups is 1. The standard InChI is InChI=1S/C31H25ClN4O5S/c1-20-8-11-24(12-9-20)34-29(38)19-41-27-7-3-2-5-21(27)16-28-30(39)36(18-25-6-4-14-40-25)31(42-28)35-33-17-22-15-23(32)10-13-26(22)37/h2-17,37H,18-19H2,1H3,(H,34,38)/b28-16-,33-17+,35-31-. The molecule has 2 N–H and O–H groups in total. The Morgan fingerprint density at radius 2 is 1.90 bits per heavy atom. The van der Waals surface area contributed by atoms with Gasteiger partial charge in [0.15, 0.2) is 11.8 Å². The number of hydrogen-bond acceptors (Lipinski definition) is 8. The fourth-order valence-corrected chi connectivity index (χ4v) is 5.01. The molecular weight excluding hydrogens is 576 g/mol. The van der Waals surface area contributed by atoms with Crippen molar-refractivity contribution in [3.8, 4) is 11.5 Å². The van der Waals surface area contributed by atoms with E-state index in [1.807, 2.05) is 37.3 Å². The van der Waals surface area contributed by atoms with Crippen LogP contribution in [0.25, 0.3) is 6.08 Å². The molecule has 0 bridgehead atoms. The molecule has 0 atom stereocenters. The number of benzene rings is 3. The number of nitrogens with zero attached hydrogens (tertiary/aromatic N) is 3. The number of phenolic OH excluding ortho intramolecular Hbond substituents is 1. The number of carbonyl (C=O) groups is 2. The number of thioether (sulfide) groups is 1. The van der Waals surface area contributed by atoms with Crippen LogP contribution in [0.2, 0.25) is 5.02 Å². The van der Waals surface area contributed by atoms with Gasteiger partial charge < -0.3 is 19.6 Å². The normalized spacial score (nSPS) is 15.2. The lowest BCUT2D eigenvalue weighted by molar-refractivity contribution is -0.122. The van der Waals surface area contributed by atoms with Crippen LogP contribution in [0.4, 0.5) is 5.69 Å². The molecule has 1 aromatic heterocycles. The van der Waals surface area contributed by atoms with Gasteiger partial charge in [-0.25, -0.2) is 0 Å². The number of anilines is 1. The van der Waals surface area contributed by atoms with Gasteiger partial charge in [-0.05, 0) is 73.3 Å². The van der Waals surface area contributed by atoms with Crippen molar-refractivity contribution in [2.75, 3.05) is 11.9 Å². The summed E-state index contributed by atoms with van der Waals surface area (Å²) in [6, 6.07) is 22.7. The summed E-state index contributed by atoms with van der Waals surface area (Å²) in [5.74, 6) is 0.390. The Labute approximate surface area is 251 Å². The van der Waals surface area contributed by atoms with E-state index >= 15 is 0 Å². The van der Waals surface area contributed by atoms with Gasteiger partial charge in [0.25, 0.3) is 11.8 Å². The van der Waals surface area contributed by atoms with E-state index in [-0.39, 0.29) is 30.7 Å². The summed E-state index contributed by atoms with van der Waals surface area (Å²) in [6.45, 7) is 1.90. The first-order valence-corrected chi connectivity index (χ1v) is 14.0. The highest BCUT2D eigenvalue weighted by Gasteiger charge is 2.34. The number of halogens is 1. The van der Waals surface area contributed by atoms with Crippen LogP contribution in [0.5, 0.6) is 11.5 Å². The maximum Gasteiger partial charge on any atom is 0.267 e. The van der Waals surface area contributed by atoms with E-state index in [0.717, 1.165) is 17.3 Å². The molecule has 4 aromatic rings. The summed E-state index contributed by atoms with van der Waals surface area (Å²) in [6.07, 6.45) is 4.57. The van der Waals surface area contributed by atoms with Gasteiger partial charge in [0, 0.05) is 21.8 Å². The first-order chi connectivity index (χ1) is 20.4. The Balaban J connectivity index is 1.35. The van der Waals surface area contributed by atoms with Crippen LogP contribution in [0.3, 0.4) is 0 Å². The van der Waals surface area contributed by atoms with Gasteiger partial charge in [-0.1, -0.05) is 47.5 Å². The van der Waals surface area contributed by atoms with Crippen molar-refractivity contribution in [2.45, 2.75) is 13.5 Å². The van der Waals surface area contributed by atoms with E-state index in [0.29, 0.717) is 43.4 Å². The lowest BCUT2D eigenvalue weighted by atomic mass is 10.2. The van der Waals surface area contributed by atoms with Gasteiger partial charge in [-0.3, -0.25) is 14.5 Å². The minimum absolute atomic E-state index is 0.00400. The molecule has 42 heavy (non-hydrogen) atoms. The van der Waals surface area contributed by atoms with Crippen LogP contribution >= 0.6 is 23.4 Å². The number of para-hydroxylation sites is 1. The van der Waals surface area contributed by atoms with E-state index in [2.05, 4.69) is 15.5 Å². The zero-order valence-electron chi connectivity index (χ0n) is 22.4. The molecule has 9 nitrogen and oxygen atoms in total. The molecule has 0 spiro atoms. The van der Waals surface area contributed by atoms with Crippen molar-refractivity contribution >= 4 is 58.3 Å². The Morgan fingerprint density at radius 3 is 2.69 bits per heavy atom. The van der Waals surface area contributed by atoms with Crippen molar-refractivity contribution in [1.29, 1.82) is 0 Å². The molecule has 2 heterocycles. The second-order valence-electron chi connectivity index (χ2n) is 9.15. The zero-order valence-corrected chi connectivity index (χ0v) is 23.9. The van der Waals surface area contributed by atoms with Crippen LogP contribution in [0.1, 0.15) is 22.5 Å². The molecular formula is C31H25ClN4O5S. The molecule has 1 aliphatic rings. The lowest BCUT2D eigenvalue weighted by Gasteiger charge is -2.12. The summed E-state index contributed by atoms with van der Waals surface area (Å²) in [5.41, 5.74) is 2.76. The second-order valence-corrected chi connectivity index (χ2v) is 10.6. The third-order valence-electron chi connectivity index (χ3n) is 6.01. The minimum Gasteiger partial charge on any atom is -0.507 e. The quantitative estimate of drug-likeness (QED) is 0.129. The third-order valence-corrected chi connectivity index (χ3v) is 7.24. The second kappa shape index (κ2) is 13.2. The molecule has 1 aliphatic heterocycles. The molecule has 0 radical (unpaired) electrons. The van der Waals surface area contributed by atoms with Crippen LogP contribution in [0, 0.1) is 6.92 Å². The molecule has 3 aromatic carbocycles. The molecule has 212 valence electrons. The monoisotopic (exact) mass is 600 g/mol. The number of hydrogen-bond donors (Lipinski definition) is 2. The van der Waals surface area contributed by atoms with Gasteiger partial charge in [0.1, 0.15) is 17.3 Å². The van der Waals surface area contributed by atoms with Crippen molar-refractivity contribution < 1.29 is 23.8 Å². The summed E-state index contributed by atoms with van der Waals surface area (Å²) in [5, 5.41) is 22.0. The average Bonchev–Trinajstić information content (AvgIpc) is 3.60. The van der Waals surface area contributed by atoms with E-state index < -0.39 is 0 Å². The van der Waals surface area contributed by atoms with Crippen LogP contribution in [-0.4, -0.2) is 39.8 Å². The molecule has 0 unspecified atom stereocenters. The van der Waals surface area contributed by atoms with E-state index in [4.69, 9.17) is 20.8 Å². The van der Waals surface area contributed by atoms with E-state index in [9.17, 15) is 14.7 Å². The van der Waals surface area contributed by atoms with Crippen LogP contribution < -0.4 is 10.1 Å². The smallest absolute Gasteiger partial charge is 0.267 e. The number of furan rings is 1. The SMILES string of the molecule is Cc1ccc(NC(=O)COc2ccccc2/C=C2\S/C(=N\N=C\c3cc(Cl)ccc3O)N(Cc3ccco3)C2=O)cc1. The minimum atomic E-state index is -0.310. The molecule has 1 fully saturated rings. The molecule has 5 rings (SSSR count). The highest BCUT2D eigenvalue weighted by molar-refractivity contribution is 8.18. The summed E-state index contributed by atoms with van der Waals surface area (Å²) < 4.78 is 11.3. The van der Waals surface area contributed by atoms with Crippen molar-refractivity contribution in [3.05, 3.63) is 118 Å². The maximum atomic E-state index is 13.5. The highest BCUT2D eigenvalue weighted by Crippen LogP contribution is 2.35. The summed E-state index contributed by atoms with van der Waals surface area (Å²) >= 11 is 7.15. The molecule has 1 saturated heterocycles. The predicted molar refractivity (Wildman–Crippen MR) is 165 cm³/mol. The number of ether oxygens (including phenoxy) is 1. The molecule has 2 amide bonds.